The molecule has 2 amide bonds. The average molecular weight is 321 g/mol. The third-order valence-corrected chi connectivity index (χ3v) is 4.93. The van der Waals surface area contributed by atoms with Crippen LogP contribution < -0.4 is 15.1 Å². The summed E-state index contributed by atoms with van der Waals surface area (Å²) < 4.78 is 0. The van der Waals surface area contributed by atoms with Crippen LogP contribution in [0.5, 0.6) is 0 Å². The second-order valence-electron chi connectivity index (χ2n) is 6.56. The van der Waals surface area contributed by atoms with Gasteiger partial charge < -0.3 is 10.2 Å². The van der Waals surface area contributed by atoms with Gasteiger partial charge in [-0.15, -0.1) is 0 Å². The third kappa shape index (κ3) is 2.96. The van der Waals surface area contributed by atoms with Crippen molar-refractivity contribution in [3.63, 3.8) is 0 Å². The standard InChI is InChI=1S/C20H23N3O/c24-20(21-17-8-2-1-3-9-17)23-14-6-7-16-10-11-18(15-19(16)23)22-12-4-5-13-22/h1-3,8-11,15H,4-7,12-14H2,(H,21,24). The van der Waals surface area contributed by atoms with E-state index in [9.17, 15) is 4.79 Å². The number of urea groups is 1. The van der Waals surface area contributed by atoms with Gasteiger partial charge in [0.05, 0.1) is 5.69 Å². The average Bonchev–Trinajstić information content (AvgIpc) is 3.16. The van der Waals surface area contributed by atoms with E-state index in [-0.39, 0.29) is 6.03 Å². The van der Waals surface area contributed by atoms with E-state index in [4.69, 9.17) is 0 Å². The molecule has 1 N–H and O–H groups in total. The number of carbonyl (C=O) groups is 1. The zero-order valence-corrected chi connectivity index (χ0v) is 13.9. The van der Waals surface area contributed by atoms with E-state index in [0.717, 1.165) is 43.9 Å². The molecule has 0 bridgehead atoms. The molecule has 2 aromatic carbocycles. The van der Waals surface area contributed by atoms with E-state index in [1.165, 1.54) is 24.1 Å². The molecule has 4 nitrogen and oxygen atoms in total. The summed E-state index contributed by atoms with van der Waals surface area (Å²) in [5.41, 5.74) is 4.42. The molecule has 0 aliphatic carbocycles. The minimum Gasteiger partial charge on any atom is -0.371 e. The number of amides is 2. The van der Waals surface area contributed by atoms with E-state index in [2.05, 4.69) is 28.4 Å². The zero-order valence-electron chi connectivity index (χ0n) is 13.9. The maximum atomic E-state index is 12.8. The minimum absolute atomic E-state index is 0.0410. The first-order valence-corrected chi connectivity index (χ1v) is 8.83. The lowest BCUT2D eigenvalue weighted by Gasteiger charge is -2.31. The van der Waals surface area contributed by atoms with Crippen LogP contribution in [0, 0.1) is 0 Å². The number of anilines is 3. The highest BCUT2D eigenvalue weighted by atomic mass is 16.2. The third-order valence-electron chi connectivity index (χ3n) is 4.93. The van der Waals surface area contributed by atoms with Crippen LogP contribution in [0.25, 0.3) is 0 Å². The van der Waals surface area contributed by atoms with Gasteiger partial charge in [-0.3, -0.25) is 4.90 Å². The molecule has 0 saturated carbocycles. The predicted molar refractivity (Wildman–Crippen MR) is 99.0 cm³/mol. The number of fused-ring (bicyclic) bond motifs is 1. The first-order valence-electron chi connectivity index (χ1n) is 8.83. The molecule has 0 radical (unpaired) electrons. The van der Waals surface area contributed by atoms with Crippen LogP contribution in [0.15, 0.2) is 48.5 Å². The molecule has 24 heavy (non-hydrogen) atoms. The molecule has 2 heterocycles. The number of carbonyl (C=O) groups excluding carboxylic acids is 1. The first-order chi connectivity index (χ1) is 11.8. The number of nitrogens with zero attached hydrogens (tertiary/aromatic N) is 2. The lowest BCUT2D eigenvalue weighted by Crippen LogP contribution is -2.38. The molecular formula is C20H23N3O. The van der Waals surface area contributed by atoms with Gasteiger partial charge in [0.2, 0.25) is 0 Å². The molecule has 2 aliphatic heterocycles. The Balaban J connectivity index is 1.59. The van der Waals surface area contributed by atoms with Gasteiger partial charge in [0.25, 0.3) is 0 Å². The Kier molecular flexibility index (Phi) is 4.11. The SMILES string of the molecule is O=C(Nc1ccccc1)N1CCCc2ccc(N3CCCC3)cc21. The van der Waals surface area contributed by atoms with E-state index in [1.54, 1.807) is 0 Å². The Morgan fingerprint density at radius 2 is 1.71 bits per heavy atom. The monoisotopic (exact) mass is 321 g/mol. The number of rotatable bonds is 2. The molecule has 4 heteroatoms. The minimum atomic E-state index is -0.0410. The van der Waals surface area contributed by atoms with Crippen molar-refractivity contribution in [1.82, 2.24) is 0 Å². The molecule has 4 rings (SSSR count). The first kappa shape index (κ1) is 15.1. The summed E-state index contributed by atoms with van der Waals surface area (Å²) >= 11 is 0. The van der Waals surface area contributed by atoms with Crippen molar-refractivity contribution < 1.29 is 4.79 Å². The van der Waals surface area contributed by atoms with Gasteiger partial charge in [-0.2, -0.15) is 0 Å². The van der Waals surface area contributed by atoms with Crippen molar-refractivity contribution >= 4 is 23.1 Å². The van der Waals surface area contributed by atoms with Crippen molar-refractivity contribution in [1.29, 1.82) is 0 Å². The highest BCUT2D eigenvalue weighted by Crippen LogP contribution is 2.33. The Hall–Kier alpha value is -2.49. The van der Waals surface area contributed by atoms with Gasteiger partial charge in [0.1, 0.15) is 0 Å². The zero-order chi connectivity index (χ0) is 16.4. The van der Waals surface area contributed by atoms with Crippen LogP contribution in [0.2, 0.25) is 0 Å². The smallest absolute Gasteiger partial charge is 0.326 e. The predicted octanol–water partition coefficient (Wildman–Crippen LogP) is 4.27. The van der Waals surface area contributed by atoms with E-state index in [0.29, 0.717) is 0 Å². The summed E-state index contributed by atoms with van der Waals surface area (Å²) in [4.78, 5) is 17.1. The Labute approximate surface area is 143 Å². The van der Waals surface area contributed by atoms with Crippen LogP contribution in [0.3, 0.4) is 0 Å². The maximum Gasteiger partial charge on any atom is 0.326 e. The molecule has 124 valence electrons. The van der Waals surface area contributed by atoms with E-state index >= 15 is 0 Å². The molecule has 0 unspecified atom stereocenters. The van der Waals surface area contributed by atoms with Gasteiger partial charge in [0, 0.05) is 31.0 Å². The molecule has 0 aromatic heterocycles. The van der Waals surface area contributed by atoms with Crippen molar-refractivity contribution in [2.75, 3.05) is 34.8 Å². The van der Waals surface area contributed by atoms with Crippen LogP contribution >= 0.6 is 0 Å². The van der Waals surface area contributed by atoms with Gasteiger partial charge in [-0.1, -0.05) is 24.3 Å². The van der Waals surface area contributed by atoms with E-state index in [1.807, 2.05) is 35.2 Å². The topological polar surface area (TPSA) is 35.6 Å². The van der Waals surface area contributed by atoms with Crippen molar-refractivity contribution in [2.45, 2.75) is 25.7 Å². The van der Waals surface area contributed by atoms with Gasteiger partial charge >= 0.3 is 6.03 Å². The summed E-state index contributed by atoms with van der Waals surface area (Å²) in [7, 11) is 0. The molecule has 0 atom stereocenters. The molecule has 1 fully saturated rings. The molecule has 2 aromatic rings. The van der Waals surface area contributed by atoms with Crippen molar-refractivity contribution in [3.05, 3.63) is 54.1 Å². The second-order valence-corrected chi connectivity index (χ2v) is 6.56. The quantitative estimate of drug-likeness (QED) is 0.896. The number of aryl methyl sites for hydroxylation is 1. The summed E-state index contributed by atoms with van der Waals surface area (Å²) in [6, 6.07) is 16.2. The Morgan fingerprint density at radius 1 is 0.917 bits per heavy atom. The van der Waals surface area contributed by atoms with Gasteiger partial charge in [-0.25, -0.2) is 4.79 Å². The summed E-state index contributed by atoms with van der Waals surface area (Å²) in [5.74, 6) is 0. The number of nitrogens with one attached hydrogen (secondary N) is 1. The van der Waals surface area contributed by atoms with Gasteiger partial charge in [-0.05, 0) is 55.5 Å². The molecule has 2 aliphatic rings. The summed E-state index contributed by atoms with van der Waals surface area (Å²) in [5, 5.41) is 3.01. The number of para-hydroxylation sites is 1. The van der Waals surface area contributed by atoms with Crippen molar-refractivity contribution in [3.8, 4) is 0 Å². The maximum absolute atomic E-state index is 12.8. The number of benzene rings is 2. The number of hydrogen-bond donors (Lipinski definition) is 1. The van der Waals surface area contributed by atoms with Crippen LogP contribution in [0.4, 0.5) is 21.9 Å². The van der Waals surface area contributed by atoms with E-state index < -0.39 is 0 Å². The Morgan fingerprint density at radius 3 is 2.50 bits per heavy atom. The molecular weight excluding hydrogens is 298 g/mol. The fourth-order valence-corrected chi connectivity index (χ4v) is 3.66. The summed E-state index contributed by atoms with van der Waals surface area (Å²) in [6.07, 6.45) is 4.58. The molecule has 1 saturated heterocycles. The second kappa shape index (κ2) is 6.56. The fourth-order valence-electron chi connectivity index (χ4n) is 3.66. The van der Waals surface area contributed by atoms with Crippen LogP contribution in [-0.2, 0) is 6.42 Å². The lowest BCUT2D eigenvalue weighted by molar-refractivity contribution is 0.256. The van der Waals surface area contributed by atoms with Crippen LogP contribution in [-0.4, -0.2) is 25.7 Å². The highest BCUT2D eigenvalue weighted by molar-refractivity contribution is 6.02. The fraction of sp³-hybridized carbons (Fsp3) is 0.350. The Bertz CT molecular complexity index is 723. The highest BCUT2D eigenvalue weighted by Gasteiger charge is 2.24. The molecule has 0 spiro atoms. The lowest BCUT2D eigenvalue weighted by atomic mass is 10.0. The number of hydrogen-bond acceptors (Lipinski definition) is 2. The van der Waals surface area contributed by atoms with Crippen LogP contribution in [0.1, 0.15) is 24.8 Å². The largest absolute Gasteiger partial charge is 0.371 e. The normalized spacial score (nSPS) is 16.8. The summed E-state index contributed by atoms with van der Waals surface area (Å²) in [6.45, 7) is 3.01. The van der Waals surface area contributed by atoms with Gasteiger partial charge in [0.15, 0.2) is 0 Å². The van der Waals surface area contributed by atoms with Crippen molar-refractivity contribution in [2.24, 2.45) is 0 Å².